The summed E-state index contributed by atoms with van der Waals surface area (Å²) in [4.78, 5) is 9.84. The van der Waals surface area contributed by atoms with Crippen LogP contribution in [0, 0.1) is 0 Å². The summed E-state index contributed by atoms with van der Waals surface area (Å²) in [6, 6.07) is 0. The third kappa shape index (κ3) is 2.79. The lowest BCUT2D eigenvalue weighted by Gasteiger charge is -2.11. The Morgan fingerprint density at radius 2 is 2.33 bits per heavy atom. The van der Waals surface area contributed by atoms with E-state index in [1.165, 1.54) is 25.7 Å². The average Bonchev–Trinajstić information content (AvgIpc) is 2.88. The second-order valence-electron chi connectivity index (χ2n) is 3.97. The molecule has 0 saturated heterocycles. The second-order valence-corrected chi connectivity index (χ2v) is 3.97. The fourth-order valence-electron chi connectivity index (χ4n) is 2.03. The molecule has 1 aliphatic carbocycles. The van der Waals surface area contributed by atoms with Crippen molar-refractivity contribution in [2.45, 2.75) is 51.8 Å². The molecule has 4 nitrogen and oxygen atoms in total. The van der Waals surface area contributed by atoms with Gasteiger partial charge < -0.3 is 4.57 Å². The molecule has 0 aromatic carbocycles. The minimum atomic E-state index is 0.412. The Morgan fingerprint density at radius 3 is 3.07 bits per heavy atom. The van der Waals surface area contributed by atoms with Crippen molar-refractivity contribution in [3.63, 3.8) is 0 Å². The van der Waals surface area contributed by atoms with Crippen molar-refractivity contribution in [1.29, 1.82) is 0 Å². The molecule has 1 aliphatic rings. The normalized spacial score (nSPS) is 17.4. The lowest BCUT2D eigenvalue weighted by Crippen LogP contribution is -2.23. The van der Waals surface area contributed by atoms with Crippen LogP contribution in [-0.2, 0) is 17.9 Å². The van der Waals surface area contributed by atoms with E-state index in [-0.39, 0.29) is 0 Å². The van der Waals surface area contributed by atoms with Gasteiger partial charge in [-0.3, -0.25) is 4.84 Å². The molecule has 1 aromatic heterocycles. The molecule has 0 spiro atoms. The molecule has 84 valence electrons. The van der Waals surface area contributed by atoms with Crippen LogP contribution >= 0.6 is 0 Å². The van der Waals surface area contributed by atoms with Gasteiger partial charge in [0.05, 0.1) is 12.6 Å². The Balaban J connectivity index is 1.73. The van der Waals surface area contributed by atoms with E-state index >= 15 is 0 Å². The van der Waals surface area contributed by atoms with Crippen molar-refractivity contribution in [3.05, 3.63) is 18.2 Å². The molecule has 0 atom stereocenters. The number of aryl methyl sites for hydroxylation is 1. The van der Waals surface area contributed by atoms with Gasteiger partial charge in [0.15, 0.2) is 0 Å². The van der Waals surface area contributed by atoms with E-state index in [0.29, 0.717) is 12.6 Å². The topological polar surface area (TPSA) is 39.1 Å². The van der Waals surface area contributed by atoms with E-state index in [4.69, 9.17) is 4.84 Å². The summed E-state index contributed by atoms with van der Waals surface area (Å²) in [6.07, 6.45) is 9.22. The quantitative estimate of drug-likeness (QED) is 0.752. The van der Waals surface area contributed by atoms with Crippen LogP contribution in [0.4, 0.5) is 0 Å². The SMILES string of the molecule is CCn1ccnc1CNOC1CCCC1. The summed E-state index contributed by atoms with van der Waals surface area (Å²) in [6.45, 7) is 3.76. The predicted octanol–water partition coefficient (Wildman–Crippen LogP) is 1.87. The highest BCUT2D eigenvalue weighted by atomic mass is 16.7. The Labute approximate surface area is 90.6 Å². The van der Waals surface area contributed by atoms with Crippen LogP contribution in [0.1, 0.15) is 38.4 Å². The first-order valence-corrected chi connectivity index (χ1v) is 5.78. The van der Waals surface area contributed by atoms with Gasteiger partial charge in [0.1, 0.15) is 5.82 Å². The smallest absolute Gasteiger partial charge is 0.125 e. The maximum Gasteiger partial charge on any atom is 0.125 e. The summed E-state index contributed by atoms with van der Waals surface area (Å²) in [5.74, 6) is 1.04. The Bertz CT molecular complexity index is 292. The van der Waals surface area contributed by atoms with Gasteiger partial charge >= 0.3 is 0 Å². The van der Waals surface area contributed by atoms with Gasteiger partial charge in [-0.15, -0.1) is 0 Å². The lowest BCUT2D eigenvalue weighted by atomic mass is 10.3. The second kappa shape index (κ2) is 5.28. The monoisotopic (exact) mass is 209 g/mol. The largest absolute Gasteiger partial charge is 0.334 e. The van der Waals surface area contributed by atoms with E-state index in [0.717, 1.165) is 12.4 Å². The third-order valence-electron chi connectivity index (χ3n) is 2.92. The van der Waals surface area contributed by atoms with Crippen LogP contribution in [-0.4, -0.2) is 15.7 Å². The molecule has 1 fully saturated rings. The fourth-order valence-corrected chi connectivity index (χ4v) is 2.03. The van der Waals surface area contributed by atoms with Crippen LogP contribution in [0.25, 0.3) is 0 Å². The zero-order valence-electron chi connectivity index (χ0n) is 9.28. The summed E-state index contributed by atoms with van der Waals surface area (Å²) in [5, 5.41) is 0. The predicted molar refractivity (Wildman–Crippen MR) is 58.1 cm³/mol. The van der Waals surface area contributed by atoms with Crippen molar-refractivity contribution in [3.8, 4) is 0 Å². The van der Waals surface area contributed by atoms with E-state index in [1.54, 1.807) is 0 Å². The minimum absolute atomic E-state index is 0.412. The number of imidazole rings is 1. The molecule has 4 heteroatoms. The number of nitrogens with zero attached hydrogens (tertiary/aromatic N) is 2. The summed E-state index contributed by atoms with van der Waals surface area (Å²) in [5.41, 5.74) is 3.02. The van der Waals surface area contributed by atoms with E-state index in [9.17, 15) is 0 Å². The molecule has 1 heterocycles. The molecule has 0 unspecified atom stereocenters. The minimum Gasteiger partial charge on any atom is -0.334 e. The Morgan fingerprint density at radius 1 is 1.53 bits per heavy atom. The highest BCUT2D eigenvalue weighted by Gasteiger charge is 2.15. The summed E-state index contributed by atoms with van der Waals surface area (Å²) < 4.78 is 2.12. The van der Waals surface area contributed by atoms with Gasteiger partial charge in [-0.2, -0.15) is 5.48 Å². The van der Waals surface area contributed by atoms with Crippen LogP contribution in [0.2, 0.25) is 0 Å². The first kappa shape index (κ1) is 10.6. The molecular weight excluding hydrogens is 190 g/mol. The van der Waals surface area contributed by atoms with Gasteiger partial charge in [-0.05, 0) is 19.8 Å². The number of nitrogens with one attached hydrogen (secondary N) is 1. The lowest BCUT2D eigenvalue weighted by molar-refractivity contribution is -0.0257. The third-order valence-corrected chi connectivity index (χ3v) is 2.92. The first-order valence-electron chi connectivity index (χ1n) is 5.78. The standard InChI is InChI=1S/C11H19N3O/c1-2-14-8-7-12-11(14)9-13-15-10-5-3-4-6-10/h7-8,10,13H,2-6,9H2,1H3. The number of hydrogen-bond donors (Lipinski definition) is 1. The maximum atomic E-state index is 5.57. The number of hydroxylamine groups is 1. The summed E-state index contributed by atoms with van der Waals surface area (Å²) >= 11 is 0. The van der Waals surface area contributed by atoms with Crippen LogP contribution < -0.4 is 5.48 Å². The maximum absolute atomic E-state index is 5.57. The van der Waals surface area contributed by atoms with Crippen LogP contribution in [0.15, 0.2) is 12.4 Å². The molecular formula is C11H19N3O. The number of hydrogen-bond acceptors (Lipinski definition) is 3. The highest BCUT2D eigenvalue weighted by Crippen LogP contribution is 2.19. The van der Waals surface area contributed by atoms with Crippen molar-refractivity contribution in [2.24, 2.45) is 0 Å². The van der Waals surface area contributed by atoms with Crippen LogP contribution in [0.3, 0.4) is 0 Å². The van der Waals surface area contributed by atoms with Crippen LogP contribution in [0.5, 0.6) is 0 Å². The zero-order valence-corrected chi connectivity index (χ0v) is 9.28. The molecule has 0 aliphatic heterocycles. The first-order chi connectivity index (χ1) is 7.40. The van der Waals surface area contributed by atoms with E-state index in [1.807, 2.05) is 12.4 Å². The van der Waals surface area contributed by atoms with Gasteiger partial charge in [0, 0.05) is 18.9 Å². The fraction of sp³-hybridized carbons (Fsp3) is 0.727. The van der Waals surface area contributed by atoms with Gasteiger partial charge in [-0.1, -0.05) is 12.8 Å². The van der Waals surface area contributed by atoms with Gasteiger partial charge in [0.2, 0.25) is 0 Å². The number of rotatable bonds is 5. The van der Waals surface area contributed by atoms with Crippen molar-refractivity contribution in [1.82, 2.24) is 15.0 Å². The van der Waals surface area contributed by atoms with E-state index < -0.39 is 0 Å². The van der Waals surface area contributed by atoms with Crippen molar-refractivity contribution >= 4 is 0 Å². The van der Waals surface area contributed by atoms with Gasteiger partial charge in [0.25, 0.3) is 0 Å². The van der Waals surface area contributed by atoms with Crippen molar-refractivity contribution in [2.75, 3.05) is 0 Å². The summed E-state index contributed by atoms with van der Waals surface area (Å²) in [7, 11) is 0. The average molecular weight is 209 g/mol. The van der Waals surface area contributed by atoms with Crippen molar-refractivity contribution < 1.29 is 4.84 Å². The molecule has 1 saturated carbocycles. The molecule has 0 radical (unpaired) electrons. The highest BCUT2D eigenvalue weighted by molar-refractivity contribution is 4.90. The number of aromatic nitrogens is 2. The van der Waals surface area contributed by atoms with Gasteiger partial charge in [-0.25, -0.2) is 4.98 Å². The molecule has 0 amide bonds. The Kier molecular flexibility index (Phi) is 3.75. The molecule has 15 heavy (non-hydrogen) atoms. The molecule has 0 bridgehead atoms. The molecule has 1 N–H and O–H groups in total. The van der Waals surface area contributed by atoms with E-state index in [2.05, 4.69) is 22.0 Å². The molecule has 1 aromatic rings. The molecule has 2 rings (SSSR count). The zero-order chi connectivity index (χ0) is 10.5. The Hall–Kier alpha value is -0.870.